The highest BCUT2D eigenvalue weighted by atomic mass is 32.2. The molecule has 0 N–H and O–H groups in total. The normalized spacial score (nSPS) is 10.9. The molecule has 2 aromatic rings. The van der Waals surface area contributed by atoms with Crippen LogP contribution in [0.15, 0.2) is 47.4 Å². The summed E-state index contributed by atoms with van der Waals surface area (Å²) in [5.41, 5.74) is 0.878. The zero-order valence-electron chi connectivity index (χ0n) is 11.1. The molecule has 0 aliphatic rings. The Labute approximate surface area is 122 Å². The molecule has 0 bridgehead atoms. The SMILES string of the molecule is Cc1ccc(S(=O)(=O)Oc2ccccc2C=O)c(C=O)c1. The van der Waals surface area contributed by atoms with Gasteiger partial charge in [0.2, 0.25) is 0 Å². The highest BCUT2D eigenvalue weighted by Gasteiger charge is 2.22. The third-order valence-corrected chi connectivity index (χ3v) is 4.12. The third-order valence-electron chi connectivity index (χ3n) is 2.81. The van der Waals surface area contributed by atoms with E-state index in [2.05, 4.69) is 0 Å². The Balaban J connectivity index is 2.48. The van der Waals surface area contributed by atoms with Crippen molar-refractivity contribution in [2.45, 2.75) is 11.8 Å². The fourth-order valence-electron chi connectivity index (χ4n) is 1.80. The van der Waals surface area contributed by atoms with E-state index in [9.17, 15) is 18.0 Å². The molecule has 0 fully saturated rings. The Hall–Kier alpha value is -2.47. The molecule has 21 heavy (non-hydrogen) atoms. The minimum atomic E-state index is -4.20. The first-order chi connectivity index (χ1) is 9.97. The van der Waals surface area contributed by atoms with Gasteiger partial charge in [0, 0.05) is 5.56 Å². The monoisotopic (exact) mass is 304 g/mol. The van der Waals surface area contributed by atoms with Crippen molar-refractivity contribution in [1.82, 2.24) is 0 Å². The molecule has 0 aliphatic carbocycles. The highest BCUT2D eigenvalue weighted by Crippen LogP contribution is 2.23. The van der Waals surface area contributed by atoms with Crippen molar-refractivity contribution in [2.75, 3.05) is 0 Å². The Bertz CT molecular complexity index is 793. The Morgan fingerprint density at radius 3 is 2.29 bits per heavy atom. The average Bonchev–Trinajstić information content (AvgIpc) is 2.47. The molecule has 0 aliphatic heterocycles. The third kappa shape index (κ3) is 3.17. The van der Waals surface area contributed by atoms with E-state index >= 15 is 0 Å². The number of rotatable bonds is 5. The molecule has 0 spiro atoms. The zero-order chi connectivity index (χ0) is 15.5. The number of hydrogen-bond acceptors (Lipinski definition) is 5. The zero-order valence-corrected chi connectivity index (χ0v) is 12.0. The molecule has 2 aromatic carbocycles. The lowest BCUT2D eigenvalue weighted by Gasteiger charge is -2.10. The largest absolute Gasteiger partial charge is 0.378 e. The first-order valence-corrected chi connectivity index (χ1v) is 7.43. The molecule has 0 heterocycles. The fourth-order valence-corrected chi connectivity index (χ4v) is 2.91. The van der Waals surface area contributed by atoms with Crippen molar-refractivity contribution in [3.8, 4) is 5.75 Å². The fraction of sp³-hybridized carbons (Fsp3) is 0.0667. The number of para-hydroxylation sites is 1. The number of aldehydes is 2. The molecule has 6 heteroatoms. The van der Waals surface area contributed by atoms with E-state index in [0.29, 0.717) is 12.6 Å². The maximum absolute atomic E-state index is 12.3. The van der Waals surface area contributed by atoms with Crippen LogP contribution in [0.5, 0.6) is 5.75 Å². The Kier molecular flexibility index (Phi) is 4.18. The van der Waals surface area contributed by atoms with Crippen LogP contribution in [0, 0.1) is 6.92 Å². The molecule has 0 amide bonds. The molecular weight excluding hydrogens is 292 g/mol. The van der Waals surface area contributed by atoms with Gasteiger partial charge in [-0.15, -0.1) is 0 Å². The summed E-state index contributed by atoms with van der Waals surface area (Å²) in [6, 6.07) is 10.3. The van der Waals surface area contributed by atoms with E-state index in [1.165, 1.54) is 24.3 Å². The standard InChI is InChI=1S/C15H12O5S/c1-11-6-7-15(13(8-11)10-17)21(18,19)20-14-5-3-2-4-12(14)9-16/h2-10H,1H3. The second kappa shape index (κ2) is 5.88. The summed E-state index contributed by atoms with van der Waals surface area (Å²) < 4.78 is 29.5. The second-order valence-electron chi connectivity index (χ2n) is 4.35. The smallest absolute Gasteiger partial charge is 0.339 e. The van der Waals surface area contributed by atoms with Gasteiger partial charge in [-0.3, -0.25) is 9.59 Å². The first kappa shape index (κ1) is 14.9. The average molecular weight is 304 g/mol. The summed E-state index contributed by atoms with van der Waals surface area (Å²) >= 11 is 0. The maximum atomic E-state index is 12.3. The van der Waals surface area contributed by atoms with E-state index in [1.54, 1.807) is 25.1 Å². The van der Waals surface area contributed by atoms with Gasteiger partial charge in [-0.1, -0.05) is 23.8 Å². The van der Waals surface area contributed by atoms with E-state index in [-0.39, 0.29) is 21.8 Å². The van der Waals surface area contributed by atoms with Gasteiger partial charge in [-0.05, 0) is 31.2 Å². The molecule has 0 saturated carbocycles. The van der Waals surface area contributed by atoms with Gasteiger partial charge < -0.3 is 4.18 Å². The first-order valence-electron chi connectivity index (χ1n) is 6.02. The maximum Gasteiger partial charge on any atom is 0.339 e. The number of benzene rings is 2. The van der Waals surface area contributed by atoms with Gasteiger partial charge in [-0.2, -0.15) is 8.42 Å². The lowest BCUT2D eigenvalue weighted by molar-refractivity contribution is 0.111. The lowest BCUT2D eigenvalue weighted by atomic mass is 10.2. The van der Waals surface area contributed by atoms with Crippen LogP contribution < -0.4 is 4.18 Å². The summed E-state index contributed by atoms with van der Waals surface area (Å²) in [4.78, 5) is 21.7. The molecule has 2 rings (SSSR count). The summed E-state index contributed by atoms with van der Waals surface area (Å²) in [6.45, 7) is 1.74. The van der Waals surface area contributed by atoms with Gasteiger partial charge >= 0.3 is 10.1 Å². The van der Waals surface area contributed by atoms with E-state index in [4.69, 9.17) is 4.18 Å². The minimum absolute atomic E-state index is 0.0126. The van der Waals surface area contributed by atoms with Crippen LogP contribution >= 0.6 is 0 Å². The van der Waals surface area contributed by atoms with Crippen molar-refractivity contribution in [1.29, 1.82) is 0 Å². The molecule has 5 nitrogen and oxygen atoms in total. The van der Waals surface area contributed by atoms with Gasteiger partial charge in [0.15, 0.2) is 18.3 Å². The number of carbonyl (C=O) groups is 2. The van der Waals surface area contributed by atoms with Crippen LogP contribution in [-0.4, -0.2) is 21.0 Å². The molecule has 108 valence electrons. The van der Waals surface area contributed by atoms with Gasteiger partial charge in [0.1, 0.15) is 4.90 Å². The molecule has 0 unspecified atom stereocenters. The van der Waals surface area contributed by atoms with E-state index in [0.717, 1.165) is 5.56 Å². The predicted molar refractivity (Wildman–Crippen MR) is 76.2 cm³/mol. The minimum Gasteiger partial charge on any atom is -0.378 e. The molecule has 0 saturated heterocycles. The van der Waals surface area contributed by atoms with E-state index in [1.807, 2.05) is 0 Å². The second-order valence-corrected chi connectivity index (χ2v) is 5.87. The summed E-state index contributed by atoms with van der Waals surface area (Å²) in [7, 11) is -4.20. The van der Waals surface area contributed by atoms with E-state index < -0.39 is 10.1 Å². The van der Waals surface area contributed by atoms with Crippen LogP contribution in [0.3, 0.4) is 0 Å². The Morgan fingerprint density at radius 1 is 0.952 bits per heavy atom. The van der Waals surface area contributed by atoms with Crippen molar-refractivity contribution >= 4 is 22.7 Å². The summed E-state index contributed by atoms with van der Waals surface area (Å²) in [6.07, 6.45) is 0.954. The van der Waals surface area contributed by atoms with Gasteiger partial charge in [0.25, 0.3) is 0 Å². The Morgan fingerprint density at radius 2 is 1.62 bits per heavy atom. The highest BCUT2D eigenvalue weighted by molar-refractivity contribution is 7.87. The lowest BCUT2D eigenvalue weighted by Crippen LogP contribution is -2.13. The predicted octanol–water partition coefficient (Wildman–Crippen LogP) is 2.39. The van der Waals surface area contributed by atoms with Crippen molar-refractivity contribution < 1.29 is 22.2 Å². The van der Waals surface area contributed by atoms with Crippen molar-refractivity contribution in [3.63, 3.8) is 0 Å². The number of hydrogen-bond donors (Lipinski definition) is 0. The van der Waals surface area contributed by atoms with Crippen molar-refractivity contribution in [3.05, 3.63) is 59.2 Å². The van der Waals surface area contributed by atoms with Gasteiger partial charge in [-0.25, -0.2) is 0 Å². The molecule has 0 atom stereocenters. The summed E-state index contributed by atoms with van der Waals surface area (Å²) in [5, 5.41) is 0. The van der Waals surface area contributed by atoms with Crippen LogP contribution in [0.1, 0.15) is 26.3 Å². The number of aryl methyl sites for hydroxylation is 1. The topological polar surface area (TPSA) is 77.5 Å². The van der Waals surface area contributed by atoms with Crippen LogP contribution in [0.2, 0.25) is 0 Å². The quantitative estimate of drug-likeness (QED) is 0.626. The van der Waals surface area contributed by atoms with Crippen LogP contribution in [0.4, 0.5) is 0 Å². The molecular formula is C15H12O5S. The summed E-state index contributed by atoms with van der Waals surface area (Å²) in [5.74, 6) is -0.0788. The van der Waals surface area contributed by atoms with Crippen LogP contribution in [0.25, 0.3) is 0 Å². The van der Waals surface area contributed by atoms with Gasteiger partial charge in [0.05, 0.1) is 5.56 Å². The number of carbonyl (C=O) groups excluding carboxylic acids is 2. The van der Waals surface area contributed by atoms with Crippen molar-refractivity contribution in [2.24, 2.45) is 0 Å². The molecule has 0 aromatic heterocycles. The molecule has 0 radical (unpaired) electrons. The van der Waals surface area contributed by atoms with Crippen LogP contribution in [-0.2, 0) is 10.1 Å².